The molecule has 1 amide bonds. The summed E-state index contributed by atoms with van der Waals surface area (Å²) in [6.07, 6.45) is 2.94. The largest absolute Gasteiger partial charge is 0.378 e. The van der Waals surface area contributed by atoms with Crippen LogP contribution in [0.5, 0.6) is 0 Å². The van der Waals surface area contributed by atoms with Crippen LogP contribution in [0, 0.1) is 0 Å². The highest BCUT2D eigenvalue weighted by atomic mass is 32.2. The first-order chi connectivity index (χ1) is 7.22. The molecule has 0 aliphatic carbocycles. The van der Waals surface area contributed by atoms with E-state index in [0.29, 0.717) is 0 Å². The number of rotatable bonds is 5. The molecule has 0 radical (unpaired) electrons. The Morgan fingerprint density at radius 2 is 2.40 bits per heavy atom. The molecule has 0 aromatic heterocycles. The highest BCUT2D eigenvalue weighted by molar-refractivity contribution is 7.99. The second-order valence-electron chi connectivity index (χ2n) is 3.68. The molecule has 1 aliphatic rings. The molecule has 1 rings (SSSR count). The van der Waals surface area contributed by atoms with Crippen molar-refractivity contribution in [3.05, 3.63) is 0 Å². The van der Waals surface area contributed by atoms with E-state index in [2.05, 4.69) is 10.6 Å². The third-order valence-electron chi connectivity index (χ3n) is 2.74. The van der Waals surface area contributed by atoms with Crippen molar-refractivity contribution in [2.45, 2.75) is 30.7 Å². The Kier molecular flexibility index (Phi) is 5.42. The maximum absolute atomic E-state index is 11.8. The van der Waals surface area contributed by atoms with E-state index in [9.17, 15) is 4.79 Å². The molecule has 0 spiro atoms. The zero-order chi connectivity index (χ0) is 11.3. The van der Waals surface area contributed by atoms with E-state index in [1.54, 1.807) is 18.9 Å². The summed E-state index contributed by atoms with van der Waals surface area (Å²) in [5.41, 5.74) is 0. The van der Waals surface area contributed by atoms with Gasteiger partial charge in [-0.15, -0.1) is 0 Å². The van der Waals surface area contributed by atoms with Crippen molar-refractivity contribution < 1.29 is 9.53 Å². The van der Waals surface area contributed by atoms with E-state index in [0.717, 1.165) is 19.5 Å². The van der Waals surface area contributed by atoms with Crippen LogP contribution in [0.2, 0.25) is 0 Å². The summed E-state index contributed by atoms with van der Waals surface area (Å²) in [7, 11) is 1.68. The highest BCUT2D eigenvalue weighted by Gasteiger charge is 2.29. The average Bonchev–Trinajstić information content (AvgIpc) is 2.67. The molecule has 15 heavy (non-hydrogen) atoms. The predicted octanol–water partition coefficient (Wildman–Crippen LogP) is 0.231. The Morgan fingerprint density at radius 3 is 2.93 bits per heavy atom. The van der Waals surface area contributed by atoms with Crippen LogP contribution in [0.25, 0.3) is 0 Å². The lowest BCUT2D eigenvalue weighted by Crippen LogP contribution is -2.46. The van der Waals surface area contributed by atoms with Crippen molar-refractivity contribution in [2.24, 2.45) is 0 Å². The van der Waals surface area contributed by atoms with Gasteiger partial charge in [-0.2, -0.15) is 11.8 Å². The molecule has 2 N–H and O–H groups in total. The quantitative estimate of drug-likeness (QED) is 0.712. The van der Waals surface area contributed by atoms with Crippen LogP contribution < -0.4 is 10.6 Å². The molecule has 0 saturated carbocycles. The molecule has 0 bridgehead atoms. The molecular weight excluding hydrogens is 212 g/mol. The van der Waals surface area contributed by atoms with Crippen LogP contribution in [-0.4, -0.2) is 49.8 Å². The standard InChI is InChI=1S/C10H20N2O2S/c1-4-9(15-3)10(13)12-7-5-11-6-8(7)14-2/h7-9,11H,4-6H2,1-3H3,(H,12,13)/t7-,8+,9-/m1/s1. The fraction of sp³-hybridized carbons (Fsp3) is 0.900. The Morgan fingerprint density at radius 1 is 1.67 bits per heavy atom. The average molecular weight is 232 g/mol. The van der Waals surface area contributed by atoms with E-state index in [1.807, 2.05) is 13.2 Å². The second kappa shape index (κ2) is 6.35. The Balaban J connectivity index is 2.42. The lowest BCUT2D eigenvalue weighted by Gasteiger charge is -2.21. The van der Waals surface area contributed by atoms with Gasteiger partial charge in [0.1, 0.15) is 0 Å². The summed E-state index contributed by atoms with van der Waals surface area (Å²) in [5, 5.41) is 6.30. The van der Waals surface area contributed by atoms with Crippen LogP contribution in [0.1, 0.15) is 13.3 Å². The van der Waals surface area contributed by atoms with E-state index in [4.69, 9.17) is 4.74 Å². The Hall–Kier alpha value is -0.260. The minimum Gasteiger partial charge on any atom is -0.378 e. The van der Waals surface area contributed by atoms with Crippen molar-refractivity contribution >= 4 is 17.7 Å². The van der Waals surface area contributed by atoms with E-state index >= 15 is 0 Å². The van der Waals surface area contributed by atoms with Gasteiger partial charge < -0.3 is 15.4 Å². The van der Waals surface area contributed by atoms with Gasteiger partial charge in [-0.3, -0.25) is 4.79 Å². The minimum atomic E-state index is 0.0584. The third kappa shape index (κ3) is 3.36. The molecule has 5 heteroatoms. The molecule has 4 nitrogen and oxygen atoms in total. The van der Waals surface area contributed by atoms with Crippen LogP contribution in [-0.2, 0) is 9.53 Å². The Labute approximate surface area is 95.5 Å². The number of amides is 1. The first-order valence-corrected chi connectivity index (χ1v) is 6.58. The van der Waals surface area contributed by atoms with Crippen molar-refractivity contribution in [1.29, 1.82) is 0 Å². The van der Waals surface area contributed by atoms with Gasteiger partial charge in [0.25, 0.3) is 0 Å². The zero-order valence-electron chi connectivity index (χ0n) is 9.58. The smallest absolute Gasteiger partial charge is 0.233 e. The van der Waals surface area contributed by atoms with Crippen molar-refractivity contribution in [3.63, 3.8) is 0 Å². The number of nitrogens with one attached hydrogen (secondary N) is 2. The SMILES string of the molecule is CC[C@@H](SC)C(=O)N[C@@H]1CNC[C@@H]1OC. The van der Waals surface area contributed by atoms with E-state index in [1.165, 1.54) is 0 Å². The maximum Gasteiger partial charge on any atom is 0.233 e. The summed E-state index contributed by atoms with van der Waals surface area (Å²) in [6, 6.07) is 0.115. The number of carbonyl (C=O) groups excluding carboxylic acids is 1. The summed E-state index contributed by atoms with van der Waals surface area (Å²) in [4.78, 5) is 11.8. The monoisotopic (exact) mass is 232 g/mol. The number of carbonyl (C=O) groups is 1. The molecule has 1 fully saturated rings. The van der Waals surface area contributed by atoms with Crippen molar-refractivity contribution in [1.82, 2.24) is 10.6 Å². The van der Waals surface area contributed by atoms with Gasteiger partial charge in [0.2, 0.25) is 5.91 Å². The van der Waals surface area contributed by atoms with Gasteiger partial charge in [-0.05, 0) is 12.7 Å². The van der Waals surface area contributed by atoms with Crippen LogP contribution >= 0.6 is 11.8 Å². The van der Waals surface area contributed by atoms with Gasteiger partial charge in [0, 0.05) is 20.2 Å². The molecule has 0 unspecified atom stereocenters. The normalized spacial score (nSPS) is 27.7. The Bertz CT molecular complexity index is 210. The van der Waals surface area contributed by atoms with Gasteiger partial charge >= 0.3 is 0 Å². The lowest BCUT2D eigenvalue weighted by molar-refractivity contribution is -0.121. The number of methoxy groups -OCH3 is 1. The number of ether oxygens (including phenoxy) is 1. The first-order valence-electron chi connectivity index (χ1n) is 5.29. The fourth-order valence-electron chi connectivity index (χ4n) is 1.78. The van der Waals surface area contributed by atoms with Crippen molar-refractivity contribution in [2.75, 3.05) is 26.5 Å². The van der Waals surface area contributed by atoms with Gasteiger partial charge in [0.15, 0.2) is 0 Å². The van der Waals surface area contributed by atoms with Gasteiger partial charge in [-0.25, -0.2) is 0 Å². The molecule has 1 saturated heterocycles. The molecule has 0 aromatic rings. The van der Waals surface area contributed by atoms with Crippen LogP contribution in [0.4, 0.5) is 0 Å². The maximum atomic E-state index is 11.8. The predicted molar refractivity (Wildman–Crippen MR) is 63.2 cm³/mol. The van der Waals surface area contributed by atoms with Gasteiger partial charge in [-0.1, -0.05) is 6.92 Å². The van der Waals surface area contributed by atoms with Crippen LogP contribution in [0.15, 0.2) is 0 Å². The number of hydrogen-bond donors (Lipinski definition) is 2. The topological polar surface area (TPSA) is 50.4 Å². The third-order valence-corrected chi connectivity index (χ3v) is 3.85. The minimum absolute atomic E-state index is 0.0584. The molecule has 1 heterocycles. The molecular formula is C10H20N2O2S. The summed E-state index contributed by atoms with van der Waals surface area (Å²) < 4.78 is 5.29. The molecule has 3 atom stereocenters. The molecule has 88 valence electrons. The van der Waals surface area contributed by atoms with Gasteiger partial charge in [0.05, 0.1) is 17.4 Å². The summed E-state index contributed by atoms with van der Waals surface area (Å²) >= 11 is 1.60. The zero-order valence-corrected chi connectivity index (χ0v) is 10.4. The van der Waals surface area contributed by atoms with E-state index in [-0.39, 0.29) is 23.3 Å². The lowest BCUT2D eigenvalue weighted by atomic mass is 10.2. The van der Waals surface area contributed by atoms with Crippen molar-refractivity contribution in [3.8, 4) is 0 Å². The molecule has 0 aromatic carbocycles. The number of hydrogen-bond acceptors (Lipinski definition) is 4. The first kappa shape index (κ1) is 12.8. The summed E-state index contributed by atoms with van der Waals surface area (Å²) in [5.74, 6) is 0.126. The summed E-state index contributed by atoms with van der Waals surface area (Å²) in [6.45, 7) is 3.65. The van der Waals surface area contributed by atoms with Crippen LogP contribution in [0.3, 0.4) is 0 Å². The highest BCUT2D eigenvalue weighted by Crippen LogP contribution is 2.12. The van der Waals surface area contributed by atoms with E-state index < -0.39 is 0 Å². The molecule has 1 aliphatic heterocycles. The number of thioether (sulfide) groups is 1. The fourth-order valence-corrected chi connectivity index (χ4v) is 2.40. The second-order valence-corrected chi connectivity index (χ2v) is 4.72.